The zero-order valence-corrected chi connectivity index (χ0v) is 17.6. The molecule has 24 heavy (non-hydrogen) atoms. The molecule has 0 saturated heterocycles. The van der Waals surface area contributed by atoms with E-state index in [1.54, 1.807) is 6.26 Å². The molecule has 0 N–H and O–H groups in total. The molecule has 0 aromatic carbocycles. The third kappa shape index (κ3) is 7.41. The van der Waals surface area contributed by atoms with Crippen LogP contribution in [0.4, 0.5) is 0 Å². The second-order valence-electron chi connectivity index (χ2n) is 6.70. The van der Waals surface area contributed by atoms with Gasteiger partial charge in [0.1, 0.15) is 5.76 Å². The first-order valence-electron chi connectivity index (χ1n) is 8.90. The van der Waals surface area contributed by atoms with Gasteiger partial charge in [-0.1, -0.05) is 58.3 Å². The van der Waals surface area contributed by atoms with Gasteiger partial charge in [-0.15, -0.1) is 0 Å². The zero-order valence-electron chi connectivity index (χ0n) is 14.2. The van der Waals surface area contributed by atoms with Gasteiger partial charge in [-0.3, -0.25) is 0 Å². The minimum Gasteiger partial charge on any atom is -1.00 e. The molecule has 0 bridgehead atoms. The van der Waals surface area contributed by atoms with Gasteiger partial charge in [0.2, 0.25) is 0 Å². The van der Waals surface area contributed by atoms with Crippen molar-refractivity contribution in [3.05, 3.63) is 36.0 Å². The van der Waals surface area contributed by atoms with Crippen molar-refractivity contribution in [1.29, 1.82) is 0 Å². The Kier molecular flexibility index (Phi) is 14.0. The Hall–Kier alpha value is 0.524. The van der Waals surface area contributed by atoms with Crippen molar-refractivity contribution in [1.82, 2.24) is 0 Å². The number of hydrogen-bond acceptors (Lipinski definition) is 1. The summed E-state index contributed by atoms with van der Waals surface area (Å²) in [4.78, 5) is 0. The quantitative estimate of drug-likeness (QED) is 0.486. The summed E-state index contributed by atoms with van der Waals surface area (Å²) >= 11 is 0. The largest absolute Gasteiger partial charge is 2.00 e. The summed E-state index contributed by atoms with van der Waals surface area (Å²) in [5.41, 5.74) is 2.04. The van der Waals surface area contributed by atoms with E-state index in [2.05, 4.69) is 18.0 Å². The summed E-state index contributed by atoms with van der Waals surface area (Å²) in [5.74, 6) is 3.73. The van der Waals surface area contributed by atoms with Gasteiger partial charge in [0.05, 0.1) is 6.26 Å². The molecule has 2 fully saturated rings. The molecule has 2 aliphatic carbocycles. The van der Waals surface area contributed by atoms with Crippen molar-refractivity contribution in [2.75, 3.05) is 0 Å². The Balaban J connectivity index is 0.00000176. The topological polar surface area (TPSA) is 13.1 Å². The van der Waals surface area contributed by atoms with Crippen molar-refractivity contribution in [3.63, 3.8) is 0 Å². The Morgan fingerprint density at radius 2 is 1.46 bits per heavy atom. The molecular weight excluding hydrogens is 405 g/mol. The molecule has 1 nitrogen and oxygen atoms in total. The molecule has 1 aromatic heterocycles. The van der Waals surface area contributed by atoms with Crippen molar-refractivity contribution in [2.24, 2.45) is 0 Å². The summed E-state index contributed by atoms with van der Waals surface area (Å²) < 4.78 is 5.46. The van der Waals surface area contributed by atoms with E-state index in [1.807, 2.05) is 6.07 Å². The molecule has 0 spiro atoms. The molecule has 2 aliphatic rings. The van der Waals surface area contributed by atoms with Gasteiger partial charge in [-0.25, -0.2) is 0 Å². The molecule has 0 aliphatic heterocycles. The van der Waals surface area contributed by atoms with Crippen LogP contribution in [0.15, 0.2) is 34.7 Å². The van der Waals surface area contributed by atoms with Crippen LogP contribution in [0.5, 0.6) is 0 Å². The fourth-order valence-corrected chi connectivity index (χ4v) is 7.37. The van der Waals surface area contributed by atoms with Crippen LogP contribution in [0.3, 0.4) is 0 Å². The molecule has 0 unspecified atom stereocenters. The molecule has 0 amide bonds. The normalized spacial score (nSPS) is 19.5. The van der Waals surface area contributed by atoms with Crippen LogP contribution in [0.1, 0.15) is 70.0 Å². The first-order chi connectivity index (χ1) is 10.4. The van der Waals surface area contributed by atoms with E-state index in [9.17, 15) is 0 Å². The van der Waals surface area contributed by atoms with Crippen LogP contribution >= 0.6 is 7.92 Å². The zero-order chi connectivity index (χ0) is 14.3. The van der Waals surface area contributed by atoms with Gasteiger partial charge in [0, 0.05) is 6.42 Å². The summed E-state index contributed by atoms with van der Waals surface area (Å²) in [6.45, 7) is 0. The van der Waals surface area contributed by atoms with Crippen LogP contribution in [0.25, 0.3) is 0 Å². The van der Waals surface area contributed by atoms with E-state index in [1.165, 1.54) is 64.2 Å². The SMILES string of the molecule is C(=CP(C1CCCCC1)C1CCCCC1)Cc1ccco1.[Cl-].[Cl-].[Ni+2]. The predicted molar refractivity (Wildman–Crippen MR) is 92.2 cm³/mol. The fraction of sp³-hybridized carbons (Fsp3) is 0.684. The van der Waals surface area contributed by atoms with Crippen molar-refractivity contribution in [3.8, 4) is 0 Å². The average Bonchev–Trinajstić information content (AvgIpc) is 3.07. The van der Waals surface area contributed by atoms with Gasteiger partial charge in [0.25, 0.3) is 0 Å². The van der Waals surface area contributed by atoms with E-state index >= 15 is 0 Å². The second-order valence-corrected chi connectivity index (χ2v) is 9.35. The van der Waals surface area contributed by atoms with E-state index in [0.29, 0.717) is 0 Å². The Morgan fingerprint density at radius 1 is 0.917 bits per heavy atom. The molecule has 0 atom stereocenters. The molecule has 3 rings (SSSR count). The standard InChI is InChI=1S/C19H29OP.2ClH.Ni/c1-3-11-18(12-4-1)21(19-13-5-2-6-14-19)16-8-10-17-9-7-15-20-17;;;/h7-9,15-16,18-19H,1-6,10-14H2;2*1H;/q;;;+2/p-2. The average molecular weight is 434 g/mol. The monoisotopic (exact) mass is 432 g/mol. The predicted octanol–water partition coefficient (Wildman–Crippen LogP) is 0.489. The minimum atomic E-state index is 0. The number of hydrogen-bond donors (Lipinski definition) is 0. The summed E-state index contributed by atoms with van der Waals surface area (Å²) in [6.07, 6.45) is 20.0. The van der Waals surface area contributed by atoms with Crippen LogP contribution in [-0.4, -0.2) is 11.3 Å². The smallest absolute Gasteiger partial charge is 1.00 e. The van der Waals surface area contributed by atoms with E-state index < -0.39 is 0 Å². The molecule has 5 heteroatoms. The summed E-state index contributed by atoms with van der Waals surface area (Å²) in [6, 6.07) is 4.09. The van der Waals surface area contributed by atoms with Crippen LogP contribution in [0.2, 0.25) is 0 Å². The maximum atomic E-state index is 5.46. The first-order valence-corrected chi connectivity index (χ1v) is 10.4. The molecule has 1 heterocycles. The molecule has 140 valence electrons. The van der Waals surface area contributed by atoms with Crippen LogP contribution in [0, 0.1) is 0 Å². The number of rotatable bonds is 5. The second kappa shape index (κ2) is 13.7. The number of allylic oxidation sites excluding steroid dienone is 1. The van der Waals surface area contributed by atoms with Gasteiger partial charge in [0.15, 0.2) is 0 Å². The van der Waals surface area contributed by atoms with E-state index in [0.717, 1.165) is 23.5 Å². The van der Waals surface area contributed by atoms with Gasteiger partial charge in [-0.05, 0) is 49.1 Å². The van der Waals surface area contributed by atoms with Gasteiger partial charge >= 0.3 is 16.5 Å². The maximum Gasteiger partial charge on any atom is 2.00 e. The molecule has 0 radical (unpaired) electrons. The maximum absolute atomic E-state index is 5.46. The van der Waals surface area contributed by atoms with Crippen molar-refractivity contribution < 1.29 is 45.7 Å². The van der Waals surface area contributed by atoms with Crippen LogP contribution < -0.4 is 24.8 Å². The fourth-order valence-electron chi connectivity index (χ4n) is 4.02. The van der Waals surface area contributed by atoms with Crippen molar-refractivity contribution in [2.45, 2.75) is 81.9 Å². The van der Waals surface area contributed by atoms with E-state index in [-0.39, 0.29) is 49.2 Å². The molecular formula is C19H29Cl2NiOP. The van der Waals surface area contributed by atoms with Crippen molar-refractivity contribution >= 4 is 7.92 Å². The Labute approximate surface area is 171 Å². The minimum absolute atomic E-state index is 0. The Morgan fingerprint density at radius 3 is 1.92 bits per heavy atom. The third-order valence-electron chi connectivity index (χ3n) is 5.17. The first kappa shape index (κ1) is 24.5. The van der Waals surface area contributed by atoms with Gasteiger partial charge < -0.3 is 29.2 Å². The molecule has 2 saturated carbocycles. The summed E-state index contributed by atoms with van der Waals surface area (Å²) in [5, 5.41) is 0. The van der Waals surface area contributed by atoms with Gasteiger partial charge in [-0.2, -0.15) is 0 Å². The van der Waals surface area contributed by atoms with E-state index in [4.69, 9.17) is 4.42 Å². The number of halogens is 2. The Bertz CT molecular complexity index is 409. The molecule has 1 aromatic rings. The van der Waals surface area contributed by atoms with Crippen LogP contribution in [-0.2, 0) is 22.9 Å². The summed E-state index contributed by atoms with van der Waals surface area (Å²) in [7, 11) is 0.0990. The number of furan rings is 1. The third-order valence-corrected chi connectivity index (χ3v) is 8.44.